The number of nitrogens with two attached hydrogens (primary N) is 1. The van der Waals surface area contributed by atoms with E-state index in [0.29, 0.717) is 12.5 Å². The Bertz CT molecular complexity index is 365. The van der Waals surface area contributed by atoms with Gasteiger partial charge in [-0.3, -0.25) is 4.79 Å². The van der Waals surface area contributed by atoms with Gasteiger partial charge in [-0.2, -0.15) is 0 Å². The SMILES string of the molecule is CC(C)CC(N)C(=O)NCCc1ccc(Br)s1. The summed E-state index contributed by atoms with van der Waals surface area (Å²) in [4.78, 5) is 12.9. The zero-order valence-electron chi connectivity index (χ0n) is 10.2. The zero-order chi connectivity index (χ0) is 12.8. The van der Waals surface area contributed by atoms with Gasteiger partial charge in [-0.05, 0) is 46.8 Å². The maximum Gasteiger partial charge on any atom is 0.236 e. The molecule has 5 heteroatoms. The van der Waals surface area contributed by atoms with Crippen molar-refractivity contribution in [3.63, 3.8) is 0 Å². The molecule has 1 unspecified atom stereocenters. The molecule has 0 bridgehead atoms. The van der Waals surface area contributed by atoms with Crippen LogP contribution >= 0.6 is 27.3 Å². The van der Waals surface area contributed by atoms with Gasteiger partial charge in [0.05, 0.1) is 9.83 Å². The first-order valence-electron chi connectivity index (χ1n) is 5.76. The number of thiophene rings is 1. The highest BCUT2D eigenvalue weighted by Gasteiger charge is 2.14. The van der Waals surface area contributed by atoms with E-state index in [1.165, 1.54) is 4.88 Å². The summed E-state index contributed by atoms with van der Waals surface area (Å²) < 4.78 is 1.12. The van der Waals surface area contributed by atoms with E-state index in [0.717, 1.165) is 16.6 Å². The monoisotopic (exact) mass is 318 g/mol. The van der Waals surface area contributed by atoms with Crippen molar-refractivity contribution in [1.29, 1.82) is 0 Å². The van der Waals surface area contributed by atoms with Crippen molar-refractivity contribution < 1.29 is 4.79 Å². The van der Waals surface area contributed by atoms with Crippen molar-refractivity contribution in [3.05, 3.63) is 20.8 Å². The number of hydrogen-bond donors (Lipinski definition) is 2. The number of hydrogen-bond acceptors (Lipinski definition) is 3. The Labute approximate surface area is 115 Å². The average molecular weight is 319 g/mol. The highest BCUT2D eigenvalue weighted by Crippen LogP contribution is 2.22. The minimum atomic E-state index is -0.384. The predicted molar refractivity (Wildman–Crippen MR) is 76.2 cm³/mol. The Balaban J connectivity index is 2.24. The lowest BCUT2D eigenvalue weighted by Gasteiger charge is -2.13. The van der Waals surface area contributed by atoms with Crippen LogP contribution in [-0.4, -0.2) is 18.5 Å². The van der Waals surface area contributed by atoms with Crippen LogP contribution in [-0.2, 0) is 11.2 Å². The summed E-state index contributed by atoms with van der Waals surface area (Å²) in [5, 5.41) is 2.87. The maximum absolute atomic E-state index is 11.6. The fraction of sp³-hybridized carbons (Fsp3) is 0.583. The molecule has 0 aliphatic heterocycles. The lowest BCUT2D eigenvalue weighted by atomic mass is 10.0. The minimum Gasteiger partial charge on any atom is -0.354 e. The van der Waals surface area contributed by atoms with Crippen LogP contribution in [0.2, 0.25) is 0 Å². The molecule has 3 N–H and O–H groups in total. The summed E-state index contributed by atoms with van der Waals surface area (Å²) in [6.07, 6.45) is 1.59. The van der Waals surface area contributed by atoms with Crippen LogP contribution in [0.15, 0.2) is 15.9 Å². The first kappa shape index (κ1) is 14.7. The highest BCUT2D eigenvalue weighted by atomic mass is 79.9. The van der Waals surface area contributed by atoms with Gasteiger partial charge in [0, 0.05) is 11.4 Å². The van der Waals surface area contributed by atoms with Crippen LogP contribution in [0.25, 0.3) is 0 Å². The smallest absolute Gasteiger partial charge is 0.236 e. The predicted octanol–water partition coefficient (Wildman–Crippen LogP) is 2.54. The quantitative estimate of drug-likeness (QED) is 0.847. The second kappa shape index (κ2) is 7.13. The number of amides is 1. The Morgan fingerprint density at radius 2 is 2.24 bits per heavy atom. The van der Waals surface area contributed by atoms with E-state index >= 15 is 0 Å². The molecule has 1 heterocycles. The molecular formula is C12H19BrN2OS. The van der Waals surface area contributed by atoms with E-state index in [2.05, 4.69) is 41.2 Å². The lowest BCUT2D eigenvalue weighted by molar-refractivity contribution is -0.122. The molecule has 0 aliphatic carbocycles. The molecule has 0 saturated carbocycles. The number of rotatable bonds is 6. The van der Waals surface area contributed by atoms with E-state index in [9.17, 15) is 4.79 Å². The molecule has 3 nitrogen and oxygen atoms in total. The number of halogens is 1. The summed E-state index contributed by atoms with van der Waals surface area (Å²) >= 11 is 5.11. The zero-order valence-corrected chi connectivity index (χ0v) is 12.6. The van der Waals surface area contributed by atoms with Gasteiger partial charge in [-0.25, -0.2) is 0 Å². The Morgan fingerprint density at radius 1 is 1.53 bits per heavy atom. The average Bonchev–Trinajstić information content (AvgIpc) is 2.63. The fourth-order valence-electron chi connectivity index (χ4n) is 1.54. The van der Waals surface area contributed by atoms with Gasteiger partial charge in [0.2, 0.25) is 5.91 Å². The second-order valence-corrected chi connectivity index (χ2v) is 7.03. The number of carbonyl (C=O) groups excluding carboxylic acids is 1. The van der Waals surface area contributed by atoms with Crippen LogP contribution < -0.4 is 11.1 Å². The minimum absolute atomic E-state index is 0.0469. The van der Waals surface area contributed by atoms with Crippen molar-refractivity contribution in [2.75, 3.05) is 6.54 Å². The molecule has 96 valence electrons. The second-order valence-electron chi connectivity index (χ2n) is 4.48. The molecule has 1 atom stereocenters. The maximum atomic E-state index is 11.6. The van der Waals surface area contributed by atoms with Gasteiger partial charge >= 0.3 is 0 Å². The first-order valence-corrected chi connectivity index (χ1v) is 7.37. The molecule has 0 aliphatic rings. The van der Waals surface area contributed by atoms with Crippen LogP contribution in [0.3, 0.4) is 0 Å². The van der Waals surface area contributed by atoms with Gasteiger partial charge in [-0.15, -0.1) is 11.3 Å². The molecule has 0 fully saturated rings. The topological polar surface area (TPSA) is 55.1 Å². The first-order chi connectivity index (χ1) is 7.99. The highest BCUT2D eigenvalue weighted by molar-refractivity contribution is 9.11. The van der Waals surface area contributed by atoms with Crippen LogP contribution in [0.4, 0.5) is 0 Å². The largest absolute Gasteiger partial charge is 0.354 e. The standard InChI is InChI=1S/C12H19BrN2OS/c1-8(2)7-10(14)12(16)15-6-5-9-3-4-11(13)17-9/h3-4,8,10H,5-7,14H2,1-2H3,(H,15,16). The third kappa shape index (κ3) is 5.66. The lowest BCUT2D eigenvalue weighted by Crippen LogP contribution is -2.42. The van der Waals surface area contributed by atoms with Gasteiger partial charge < -0.3 is 11.1 Å². The molecule has 0 aromatic carbocycles. The van der Waals surface area contributed by atoms with E-state index in [-0.39, 0.29) is 11.9 Å². The summed E-state index contributed by atoms with van der Waals surface area (Å²) in [5.74, 6) is 0.401. The number of nitrogens with one attached hydrogen (secondary N) is 1. The van der Waals surface area contributed by atoms with Crippen molar-refractivity contribution in [2.24, 2.45) is 11.7 Å². The van der Waals surface area contributed by atoms with Gasteiger partial charge in [0.25, 0.3) is 0 Å². The molecule has 17 heavy (non-hydrogen) atoms. The van der Waals surface area contributed by atoms with Crippen LogP contribution in [0.5, 0.6) is 0 Å². The molecule has 1 aromatic rings. The summed E-state index contributed by atoms with van der Waals surface area (Å²) in [6.45, 7) is 4.78. The summed E-state index contributed by atoms with van der Waals surface area (Å²) in [6, 6.07) is 3.70. The van der Waals surface area contributed by atoms with Crippen molar-refractivity contribution >= 4 is 33.2 Å². The molecule has 1 amide bonds. The van der Waals surface area contributed by atoms with Gasteiger partial charge in [0.1, 0.15) is 0 Å². The molecular weight excluding hydrogens is 300 g/mol. The van der Waals surface area contributed by atoms with E-state index in [1.807, 2.05) is 6.07 Å². The molecule has 1 rings (SSSR count). The van der Waals surface area contributed by atoms with E-state index in [4.69, 9.17) is 5.73 Å². The third-order valence-electron chi connectivity index (χ3n) is 2.36. The van der Waals surface area contributed by atoms with Gasteiger partial charge in [0.15, 0.2) is 0 Å². The van der Waals surface area contributed by atoms with E-state index < -0.39 is 0 Å². The van der Waals surface area contributed by atoms with Crippen LogP contribution in [0, 0.1) is 5.92 Å². The number of carbonyl (C=O) groups is 1. The molecule has 0 spiro atoms. The van der Waals surface area contributed by atoms with Crippen molar-refractivity contribution in [2.45, 2.75) is 32.7 Å². The Hall–Kier alpha value is -0.390. The molecule has 0 radical (unpaired) electrons. The normalized spacial score (nSPS) is 12.8. The van der Waals surface area contributed by atoms with Crippen LogP contribution in [0.1, 0.15) is 25.1 Å². The fourth-order valence-corrected chi connectivity index (χ4v) is 3.02. The Morgan fingerprint density at radius 3 is 2.76 bits per heavy atom. The van der Waals surface area contributed by atoms with E-state index in [1.54, 1.807) is 11.3 Å². The van der Waals surface area contributed by atoms with Crippen molar-refractivity contribution in [3.8, 4) is 0 Å². The molecule has 0 saturated heterocycles. The summed E-state index contributed by atoms with van der Waals surface area (Å²) in [7, 11) is 0. The Kier molecular flexibility index (Phi) is 6.16. The molecule has 1 aromatic heterocycles. The van der Waals surface area contributed by atoms with Gasteiger partial charge in [-0.1, -0.05) is 13.8 Å². The van der Waals surface area contributed by atoms with Crippen molar-refractivity contribution in [1.82, 2.24) is 5.32 Å². The third-order valence-corrected chi connectivity index (χ3v) is 4.05. The summed E-state index contributed by atoms with van der Waals surface area (Å²) in [5.41, 5.74) is 5.78.